The molecule has 1 aromatic heterocycles. The molecule has 3 rings (SSSR count). The van der Waals surface area contributed by atoms with Crippen molar-refractivity contribution in [3.63, 3.8) is 0 Å². The van der Waals surface area contributed by atoms with Gasteiger partial charge in [0, 0.05) is 43.5 Å². The molecule has 1 heterocycles. The lowest BCUT2D eigenvalue weighted by atomic mass is 9.92. The van der Waals surface area contributed by atoms with Crippen molar-refractivity contribution in [1.82, 2.24) is 9.88 Å². The Kier molecular flexibility index (Phi) is 11.8. The highest BCUT2D eigenvalue weighted by Crippen LogP contribution is 2.38. The Bertz CT molecular complexity index is 1150. The third-order valence-corrected chi connectivity index (χ3v) is 7.58. The zero-order valence-electron chi connectivity index (χ0n) is 24.1. The second-order valence-electron chi connectivity index (χ2n) is 10.9. The van der Waals surface area contributed by atoms with Gasteiger partial charge in [-0.25, -0.2) is 0 Å². The summed E-state index contributed by atoms with van der Waals surface area (Å²) < 4.78 is 46.1. The highest BCUT2D eigenvalue weighted by molar-refractivity contribution is 5.75. The van der Waals surface area contributed by atoms with E-state index < -0.39 is 22.4 Å². The number of nitro groups is 1. The number of nitro benzene ring substituents is 1. The van der Waals surface area contributed by atoms with Gasteiger partial charge in [0.15, 0.2) is 0 Å². The summed E-state index contributed by atoms with van der Waals surface area (Å²) in [6.45, 7) is 7.78. The third kappa shape index (κ3) is 9.89. The molecule has 1 amide bonds. The van der Waals surface area contributed by atoms with Crippen LogP contribution in [0.3, 0.4) is 0 Å². The van der Waals surface area contributed by atoms with Gasteiger partial charge in [-0.3, -0.25) is 19.9 Å². The van der Waals surface area contributed by atoms with Crippen LogP contribution in [0, 0.1) is 16.0 Å². The smallest absolute Gasteiger partial charge is 0.423 e. The van der Waals surface area contributed by atoms with Crippen molar-refractivity contribution >= 4 is 17.3 Å². The highest BCUT2D eigenvalue weighted by Gasteiger charge is 2.38. The van der Waals surface area contributed by atoms with Gasteiger partial charge >= 0.3 is 6.18 Å². The Hall–Kier alpha value is -3.37. The van der Waals surface area contributed by atoms with Gasteiger partial charge in [0.2, 0.25) is 5.91 Å². The van der Waals surface area contributed by atoms with Crippen LogP contribution < -0.4 is 10.1 Å². The van der Waals surface area contributed by atoms with Crippen molar-refractivity contribution < 1.29 is 27.6 Å². The highest BCUT2D eigenvalue weighted by atomic mass is 19.4. The molecule has 0 bridgehead atoms. The van der Waals surface area contributed by atoms with E-state index in [1.807, 2.05) is 24.1 Å². The normalized spacial score (nSPS) is 18.0. The fourth-order valence-corrected chi connectivity index (χ4v) is 5.22. The number of benzene rings is 1. The molecule has 0 radical (unpaired) electrons. The summed E-state index contributed by atoms with van der Waals surface area (Å²) in [5.74, 6) is 1.38. The first-order chi connectivity index (χ1) is 19.5. The lowest BCUT2D eigenvalue weighted by Crippen LogP contribution is -2.32. The Morgan fingerprint density at radius 3 is 2.51 bits per heavy atom. The van der Waals surface area contributed by atoms with Gasteiger partial charge in [-0.2, -0.15) is 13.2 Å². The first kappa shape index (κ1) is 32.1. The number of nitrogens with one attached hydrogen (secondary N) is 1. The standard InChI is InChI=1S/C30H41F3N4O4/c1-4-15-36(29(38)5-2)16-14-21(3)6-7-22-17-26(20-34-19-22)41-25-11-8-23(9-12-25)35-24-10-13-28(37(39)40)27(18-24)30(31,32)33/h10,13,17-21,23,25,35H,4-9,11-12,14-16H2,1-3H3/t21?,23-,25-. The van der Waals surface area contributed by atoms with Gasteiger partial charge in [0.1, 0.15) is 11.3 Å². The minimum atomic E-state index is -4.81. The second-order valence-corrected chi connectivity index (χ2v) is 10.9. The SMILES string of the molecule is CCCN(CCC(C)CCc1cncc(O[C@H]2CC[C@H](Nc3ccc([N+](=O)[O-])c(C(F)(F)F)c3)CC2)c1)C(=O)CC. The van der Waals surface area contributed by atoms with Crippen molar-refractivity contribution in [3.8, 4) is 5.75 Å². The molecule has 1 aromatic carbocycles. The molecule has 1 unspecified atom stereocenters. The lowest BCUT2D eigenvalue weighted by Gasteiger charge is -2.30. The van der Waals surface area contributed by atoms with Crippen LogP contribution in [-0.4, -0.2) is 45.9 Å². The number of carbonyl (C=O) groups is 1. The van der Waals surface area contributed by atoms with Gasteiger partial charge in [-0.1, -0.05) is 20.8 Å². The summed E-state index contributed by atoms with van der Waals surface area (Å²) in [5, 5.41) is 14.1. The topological polar surface area (TPSA) is 97.6 Å². The first-order valence-corrected chi connectivity index (χ1v) is 14.5. The molecule has 1 fully saturated rings. The van der Waals surface area contributed by atoms with E-state index in [-0.39, 0.29) is 23.7 Å². The zero-order valence-corrected chi connectivity index (χ0v) is 24.1. The third-order valence-electron chi connectivity index (χ3n) is 7.58. The Labute approximate surface area is 239 Å². The quantitative estimate of drug-likeness (QED) is 0.185. The number of hydrogen-bond acceptors (Lipinski definition) is 6. The molecule has 1 saturated carbocycles. The molecule has 1 aliphatic carbocycles. The maximum atomic E-state index is 13.3. The lowest BCUT2D eigenvalue weighted by molar-refractivity contribution is -0.388. The summed E-state index contributed by atoms with van der Waals surface area (Å²) in [6.07, 6.45) is 5.88. The number of ether oxygens (including phenoxy) is 1. The van der Waals surface area contributed by atoms with Crippen LogP contribution in [-0.2, 0) is 17.4 Å². The van der Waals surface area contributed by atoms with Crippen molar-refractivity contribution in [2.75, 3.05) is 18.4 Å². The number of hydrogen-bond donors (Lipinski definition) is 1. The van der Waals surface area contributed by atoms with Gasteiger partial charge in [0.05, 0.1) is 17.2 Å². The van der Waals surface area contributed by atoms with Crippen LogP contribution in [0.25, 0.3) is 0 Å². The van der Waals surface area contributed by atoms with E-state index in [0.29, 0.717) is 30.9 Å². The van der Waals surface area contributed by atoms with Gasteiger partial charge < -0.3 is 15.0 Å². The van der Waals surface area contributed by atoms with Gasteiger partial charge in [-0.15, -0.1) is 0 Å². The summed E-state index contributed by atoms with van der Waals surface area (Å²) in [6, 6.07) is 4.99. The molecule has 41 heavy (non-hydrogen) atoms. The van der Waals surface area contributed by atoms with Crippen molar-refractivity contribution in [2.24, 2.45) is 5.92 Å². The van der Waals surface area contributed by atoms with Crippen molar-refractivity contribution in [1.29, 1.82) is 0 Å². The van der Waals surface area contributed by atoms with E-state index in [1.54, 1.807) is 6.20 Å². The fraction of sp³-hybridized carbons (Fsp3) is 0.600. The molecular formula is C30H41F3N4O4. The van der Waals surface area contributed by atoms with Crippen LogP contribution in [0.2, 0.25) is 0 Å². The number of aromatic nitrogens is 1. The number of carbonyl (C=O) groups excluding carboxylic acids is 1. The van der Waals surface area contributed by atoms with E-state index in [1.165, 1.54) is 6.07 Å². The van der Waals surface area contributed by atoms with Crippen molar-refractivity contribution in [2.45, 2.75) is 96.9 Å². The molecule has 0 spiro atoms. The van der Waals surface area contributed by atoms with Crippen LogP contribution in [0.1, 0.15) is 83.3 Å². The molecule has 2 aromatic rings. The Morgan fingerprint density at radius 2 is 1.88 bits per heavy atom. The number of pyridine rings is 1. The fourth-order valence-electron chi connectivity index (χ4n) is 5.22. The van der Waals surface area contributed by atoms with E-state index in [2.05, 4.69) is 24.1 Å². The predicted octanol–water partition coefficient (Wildman–Crippen LogP) is 7.42. The molecule has 0 saturated heterocycles. The minimum Gasteiger partial charge on any atom is -0.489 e. The van der Waals surface area contributed by atoms with Crippen LogP contribution in [0.15, 0.2) is 36.7 Å². The molecule has 1 aliphatic rings. The van der Waals surface area contributed by atoms with Gasteiger partial charge in [-0.05, 0) is 81.0 Å². The molecule has 1 N–H and O–H groups in total. The predicted molar refractivity (Wildman–Crippen MR) is 152 cm³/mol. The molecule has 0 aliphatic heterocycles. The summed E-state index contributed by atoms with van der Waals surface area (Å²) in [4.78, 5) is 28.4. The molecule has 226 valence electrons. The molecule has 8 nitrogen and oxygen atoms in total. The van der Waals surface area contributed by atoms with E-state index >= 15 is 0 Å². The average Bonchev–Trinajstić information content (AvgIpc) is 2.94. The van der Waals surface area contributed by atoms with Gasteiger partial charge in [0.25, 0.3) is 5.69 Å². The zero-order chi connectivity index (χ0) is 30.0. The maximum absolute atomic E-state index is 13.3. The largest absolute Gasteiger partial charge is 0.489 e. The number of rotatable bonds is 14. The first-order valence-electron chi connectivity index (χ1n) is 14.5. The average molecular weight is 579 g/mol. The number of anilines is 1. The molecule has 1 atom stereocenters. The number of alkyl halides is 3. The number of halogens is 3. The monoisotopic (exact) mass is 578 g/mol. The van der Waals surface area contributed by atoms with E-state index in [9.17, 15) is 28.1 Å². The summed E-state index contributed by atoms with van der Waals surface area (Å²) >= 11 is 0. The minimum absolute atomic E-state index is 0.0210. The molecule has 11 heteroatoms. The number of amides is 1. The van der Waals surface area contributed by atoms with Crippen LogP contribution in [0.5, 0.6) is 5.75 Å². The van der Waals surface area contributed by atoms with Crippen LogP contribution in [0.4, 0.5) is 24.5 Å². The molecular weight excluding hydrogens is 537 g/mol. The van der Waals surface area contributed by atoms with Crippen molar-refractivity contribution in [3.05, 3.63) is 57.9 Å². The number of nitrogens with zero attached hydrogens (tertiary/aromatic N) is 3. The Morgan fingerprint density at radius 1 is 1.15 bits per heavy atom. The second kappa shape index (κ2) is 15.0. The Balaban J connectivity index is 1.46. The number of aryl methyl sites for hydroxylation is 1. The van der Waals surface area contributed by atoms with Crippen LogP contribution >= 0.6 is 0 Å². The summed E-state index contributed by atoms with van der Waals surface area (Å²) in [7, 11) is 0. The van der Waals surface area contributed by atoms with E-state index in [4.69, 9.17) is 4.74 Å². The van der Waals surface area contributed by atoms with E-state index in [0.717, 1.165) is 69.3 Å². The maximum Gasteiger partial charge on any atom is 0.423 e. The summed E-state index contributed by atoms with van der Waals surface area (Å²) in [5.41, 5.74) is -0.893.